The van der Waals surface area contributed by atoms with Crippen molar-refractivity contribution in [2.24, 2.45) is 0 Å². The second-order valence-corrected chi connectivity index (χ2v) is 8.88. The third kappa shape index (κ3) is 7.71. The van der Waals surface area contributed by atoms with Crippen LogP contribution < -0.4 is 0 Å². The molecule has 1 atom stereocenters. The summed E-state index contributed by atoms with van der Waals surface area (Å²) in [4.78, 5) is 2.56. The topological polar surface area (TPSA) is 12.5 Å². The maximum atomic E-state index is 6.62. The van der Waals surface area contributed by atoms with Gasteiger partial charge in [0.25, 0.3) is 0 Å². The Bertz CT molecular complexity index is 195. The van der Waals surface area contributed by atoms with Crippen LogP contribution in [-0.2, 0) is 3.79 Å². The molecule has 0 saturated heterocycles. The fourth-order valence-corrected chi connectivity index (χ4v) is 5.51. The minimum atomic E-state index is -1.00. The first-order chi connectivity index (χ1) is 8.97. The quantitative estimate of drug-likeness (QED) is 0.388. The van der Waals surface area contributed by atoms with Crippen molar-refractivity contribution in [2.75, 3.05) is 0 Å². The first-order valence-corrected chi connectivity index (χ1v) is 10.5. The molecule has 0 radical (unpaired) electrons. The molecule has 0 rings (SSSR count). The summed E-state index contributed by atoms with van der Waals surface area (Å²) in [5.41, 5.74) is 0. The van der Waals surface area contributed by atoms with Crippen molar-refractivity contribution in [3.05, 3.63) is 0 Å². The van der Waals surface area contributed by atoms with Gasteiger partial charge in [-0.2, -0.15) is 0 Å². The molecule has 0 fully saturated rings. The molecule has 0 saturated carbocycles. The van der Waals surface area contributed by atoms with Crippen LogP contribution in [0.25, 0.3) is 0 Å². The van der Waals surface area contributed by atoms with Gasteiger partial charge in [-0.15, -0.1) is 0 Å². The van der Waals surface area contributed by atoms with Gasteiger partial charge in [0.15, 0.2) is 0 Å². The molecule has 0 spiro atoms. The highest BCUT2D eigenvalue weighted by Gasteiger charge is 2.28. The van der Waals surface area contributed by atoms with E-state index in [-0.39, 0.29) is 0 Å². The van der Waals surface area contributed by atoms with Crippen molar-refractivity contribution in [1.29, 1.82) is 0 Å². The Kier molecular flexibility index (Phi) is 11.4. The molecular formula is C16H36AlNO. The molecule has 1 unspecified atom stereocenters. The Labute approximate surface area is 126 Å². The average molecular weight is 285 g/mol. The van der Waals surface area contributed by atoms with E-state index in [0.717, 1.165) is 0 Å². The molecule has 19 heavy (non-hydrogen) atoms. The Morgan fingerprint density at radius 2 is 1.32 bits per heavy atom. The van der Waals surface area contributed by atoms with E-state index in [4.69, 9.17) is 3.79 Å². The highest BCUT2D eigenvalue weighted by Crippen LogP contribution is 2.20. The summed E-state index contributed by atoms with van der Waals surface area (Å²) in [6.45, 7) is 16.0. The summed E-state index contributed by atoms with van der Waals surface area (Å²) in [5, 5.41) is 2.66. The van der Waals surface area contributed by atoms with Crippen LogP contribution in [0.5, 0.6) is 0 Å². The van der Waals surface area contributed by atoms with Gasteiger partial charge in [0.2, 0.25) is 0 Å². The third-order valence-electron chi connectivity index (χ3n) is 3.63. The second-order valence-electron chi connectivity index (χ2n) is 6.21. The number of rotatable bonds is 11. The molecule has 2 nitrogen and oxygen atoms in total. The van der Waals surface area contributed by atoms with Crippen LogP contribution in [0.3, 0.4) is 0 Å². The first-order valence-electron chi connectivity index (χ1n) is 8.40. The van der Waals surface area contributed by atoms with Gasteiger partial charge in [-0.3, -0.25) is 4.90 Å². The van der Waals surface area contributed by atoms with E-state index >= 15 is 0 Å². The molecule has 114 valence electrons. The van der Waals surface area contributed by atoms with Crippen molar-refractivity contribution in [3.8, 4) is 0 Å². The summed E-state index contributed by atoms with van der Waals surface area (Å²) < 4.78 is 6.62. The van der Waals surface area contributed by atoms with Crippen LogP contribution in [0, 0.1) is 0 Å². The number of hydrogen-bond acceptors (Lipinski definition) is 2. The lowest BCUT2D eigenvalue weighted by atomic mass is 10.2. The smallest absolute Gasteiger partial charge is 0.461 e. The van der Waals surface area contributed by atoms with E-state index in [1.54, 1.807) is 0 Å². The fourth-order valence-electron chi connectivity index (χ4n) is 2.94. The lowest BCUT2D eigenvalue weighted by Crippen LogP contribution is -2.48. The second kappa shape index (κ2) is 11.1. The molecule has 0 amide bonds. The number of hydrogen-bond donors (Lipinski definition) is 0. The van der Waals surface area contributed by atoms with Crippen LogP contribution in [-0.4, -0.2) is 37.7 Å². The highest BCUT2D eigenvalue weighted by molar-refractivity contribution is 6.51. The van der Waals surface area contributed by atoms with E-state index in [2.05, 4.69) is 53.4 Å². The van der Waals surface area contributed by atoms with Crippen molar-refractivity contribution >= 4 is 14.5 Å². The van der Waals surface area contributed by atoms with Gasteiger partial charge in [0, 0.05) is 12.1 Å². The predicted molar refractivity (Wildman–Crippen MR) is 87.8 cm³/mol. The van der Waals surface area contributed by atoms with Gasteiger partial charge in [0.1, 0.15) is 0 Å². The first kappa shape index (κ1) is 19.5. The zero-order chi connectivity index (χ0) is 14.8. The maximum absolute atomic E-state index is 6.62. The molecule has 0 aromatic carbocycles. The largest absolute Gasteiger partial charge is 0.487 e. The Morgan fingerprint density at radius 3 is 1.63 bits per heavy atom. The molecule has 0 bridgehead atoms. The normalized spacial score (nSPS) is 13.6. The van der Waals surface area contributed by atoms with Gasteiger partial charge in [-0.25, -0.2) is 0 Å². The summed E-state index contributed by atoms with van der Waals surface area (Å²) in [5.74, 6) is 0. The van der Waals surface area contributed by atoms with Crippen molar-refractivity contribution in [2.45, 2.75) is 103 Å². The summed E-state index contributed by atoms with van der Waals surface area (Å²) in [6.07, 6.45) is 5.28. The van der Waals surface area contributed by atoms with Gasteiger partial charge in [-0.05, 0) is 34.1 Å². The minimum Gasteiger partial charge on any atom is -0.487 e. The van der Waals surface area contributed by atoms with Gasteiger partial charge in [-0.1, -0.05) is 50.6 Å². The highest BCUT2D eigenvalue weighted by atomic mass is 27.2. The SMILES string of the molecule is CCCC([O][Al]([CH2]CC)[CH2]CC)N(C(C)C)C(C)C. The predicted octanol–water partition coefficient (Wildman–Crippen LogP) is 5.06. The van der Waals surface area contributed by atoms with Gasteiger partial charge in [0.05, 0.1) is 6.23 Å². The van der Waals surface area contributed by atoms with Crippen molar-refractivity contribution < 1.29 is 3.79 Å². The fraction of sp³-hybridized carbons (Fsp3) is 1.00. The standard InChI is InChI=1S/C10H22NO.2C3H7.Al/c1-6-7-10(12)11(8(2)3)9(4)5;2*1-3-2;/h8-10H,6-7H2,1-5H3;2*1,3H2,2H3;/q-1;;;+1. The molecule has 0 aliphatic carbocycles. The van der Waals surface area contributed by atoms with Crippen LogP contribution in [0.4, 0.5) is 0 Å². The van der Waals surface area contributed by atoms with E-state index in [9.17, 15) is 0 Å². The van der Waals surface area contributed by atoms with Crippen LogP contribution in [0.1, 0.15) is 74.1 Å². The van der Waals surface area contributed by atoms with E-state index in [1.807, 2.05) is 0 Å². The Balaban J connectivity index is 4.74. The maximum Gasteiger partial charge on any atom is 0.461 e. The average Bonchev–Trinajstić information content (AvgIpc) is 2.28. The molecule has 0 aromatic heterocycles. The zero-order valence-corrected chi connectivity index (χ0v) is 15.6. The van der Waals surface area contributed by atoms with E-state index in [0.29, 0.717) is 18.3 Å². The Morgan fingerprint density at radius 1 is 0.842 bits per heavy atom. The molecule has 0 aliphatic rings. The lowest BCUT2D eigenvalue weighted by molar-refractivity contribution is -0.0268. The monoisotopic (exact) mass is 285 g/mol. The number of nitrogens with zero attached hydrogens (tertiary/aromatic N) is 1. The lowest BCUT2D eigenvalue weighted by Gasteiger charge is -2.40. The third-order valence-corrected chi connectivity index (χ3v) is 6.77. The molecular weight excluding hydrogens is 249 g/mol. The minimum absolute atomic E-state index is 0.347. The van der Waals surface area contributed by atoms with Crippen LogP contribution >= 0.6 is 0 Å². The molecule has 0 aromatic rings. The summed E-state index contributed by atoms with van der Waals surface area (Å²) in [7, 11) is 0. The zero-order valence-electron chi connectivity index (χ0n) is 14.4. The molecule has 0 heterocycles. The summed E-state index contributed by atoms with van der Waals surface area (Å²) in [6, 6.07) is 1.13. The van der Waals surface area contributed by atoms with Crippen molar-refractivity contribution in [3.63, 3.8) is 0 Å². The van der Waals surface area contributed by atoms with Gasteiger partial charge < -0.3 is 3.79 Å². The van der Waals surface area contributed by atoms with Crippen molar-refractivity contribution in [1.82, 2.24) is 4.90 Å². The van der Waals surface area contributed by atoms with Crippen LogP contribution in [0.2, 0.25) is 10.6 Å². The summed E-state index contributed by atoms with van der Waals surface area (Å²) >= 11 is -1.00. The molecule has 3 heteroatoms. The van der Waals surface area contributed by atoms with Gasteiger partial charge >= 0.3 is 14.5 Å². The van der Waals surface area contributed by atoms with E-state index in [1.165, 1.54) is 36.2 Å². The molecule has 0 N–H and O–H groups in total. The van der Waals surface area contributed by atoms with E-state index < -0.39 is 14.5 Å². The van der Waals surface area contributed by atoms with Crippen LogP contribution in [0.15, 0.2) is 0 Å². The molecule has 0 aliphatic heterocycles. The Hall–Kier alpha value is 0.452.